The van der Waals surface area contributed by atoms with Crippen LogP contribution in [0.1, 0.15) is 37.0 Å². The molecule has 126 valence electrons. The van der Waals surface area contributed by atoms with Gasteiger partial charge in [0.25, 0.3) is 5.91 Å². The number of aliphatic hydroxyl groups excluding tert-OH is 1. The molecule has 2 fully saturated rings. The molecule has 3 amide bonds. The zero-order chi connectivity index (χ0) is 16.3. The lowest BCUT2D eigenvalue weighted by atomic mass is 9.82. The Labute approximate surface area is 139 Å². The Balaban J connectivity index is 1.50. The molecule has 3 rings (SSSR count). The Bertz CT molecular complexity index is 554. The predicted octanol–water partition coefficient (Wildman–Crippen LogP) is 1.88. The predicted molar refractivity (Wildman–Crippen MR) is 86.0 cm³/mol. The summed E-state index contributed by atoms with van der Waals surface area (Å²) in [5.41, 5.74) is -0.729. The number of carbonyl (C=O) groups excluding carboxylic acids is 2. The fourth-order valence-corrected chi connectivity index (χ4v) is 3.93. The Morgan fingerprint density at radius 2 is 2.13 bits per heavy atom. The molecule has 7 heteroatoms. The second-order valence-electron chi connectivity index (χ2n) is 6.24. The summed E-state index contributed by atoms with van der Waals surface area (Å²) in [6, 6.07) is 3.51. The van der Waals surface area contributed by atoms with E-state index in [1.165, 1.54) is 0 Å². The molecule has 0 unspecified atom stereocenters. The molecule has 1 saturated carbocycles. The fourth-order valence-electron chi connectivity index (χ4n) is 3.29. The van der Waals surface area contributed by atoms with E-state index in [1.807, 2.05) is 17.5 Å². The first-order valence-electron chi connectivity index (χ1n) is 8.03. The highest BCUT2D eigenvalue weighted by atomic mass is 32.1. The number of hydrogen-bond donors (Lipinski definition) is 2. The minimum absolute atomic E-state index is 0.0170. The van der Waals surface area contributed by atoms with Crippen LogP contribution in [0.2, 0.25) is 0 Å². The van der Waals surface area contributed by atoms with Crippen molar-refractivity contribution in [3.63, 3.8) is 0 Å². The third-order valence-electron chi connectivity index (χ3n) is 4.48. The first-order valence-corrected chi connectivity index (χ1v) is 8.91. The zero-order valence-corrected chi connectivity index (χ0v) is 13.8. The second kappa shape index (κ2) is 6.98. The largest absolute Gasteiger partial charge is 0.389 e. The van der Waals surface area contributed by atoms with Crippen molar-refractivity contribution in [1.29, 1.82) is 0 Å². The lowest BCUT2D eigenvalue weighted by Gasteiger charge is -2.30. The fraction of sp³-hybridized carbons (Fsp3) is 0.625. The van der Waals surface area contributed by atoms with E-state index in [0.29, 0.717) is 19.4 Å². The molecular weight excluding hydrogens is 316 g/mol. The maximum Gasteiger partial charge on any atom is 0.325 e. The number of thiophene rings is 1. The molecule has 1 saturated heterocycles. The summed E-state index contributed by atoms with van der Waals surface area (Å²) in [6.07, 6.45) is 3.52. The van der Waals surface area contributed by atoms with Crippen LogP contribution >= 0.6 is 11.3 Å². The van der Waals surface area contributed by atoms with E-state index >= 15 is 0 Å². The van der Waals surface area contributed by atoms with Crippen LogP contribution in [0.15, 0.2) is 17.5 Å². The standard InChI is InChI=1S/C16H22N2O4S/c19-12(10-22-11-13-5-4-8-23-13)9-18-14(20)16(17-15(18)21)6-2-1-3-7-16/h4-5,8,12,19H,1-3,6-7,9-11H2,(H,17,21)/t12-/m0/s1. The molecule has 1 aromatic rings. The highest BCUT2D eigenvalue weighted by Gasteiger charge is 2.51. The first kappa shape index (κ1) is 16.4. The van der Waals surface area contributed by atoms with Gasteiger partial charge >= 0.3 is 6.03 Å². The Morgan fingerprint density at radius 1 is 1.35 bits per heavy atom. The molecular formula is C16H22N2O4S. The maximum absolute atomic E-state index is 12.6. The summed E-state index contributed by atoms with van der Waals surface area (Å²) in [7, 11) is 0. The van der Waals surface area contributed by atoms with E-state index in [0.717, 1.165) is 29.0 Å². The van der Waals surface area contributed by atoms with Crippen molar-refractivity contribution in [2.45, 2.75) is 50.4 Å². The minimum atomic E-state index is -0.872. The summed E-state index contributed by atoms with van der Waals surface area (Å²) >= 11 is 1.59. The van der Waals surface area contributed by atoms with Gasteiger partial charge in [0.1, 0.15) is 5.54 Å². The van der Waals surface area contributed by atoms with Gasteiger partial charge in [-0.25, -0.2) is 4.79 Å². The molecule has 6 nitrogen and oxygen atoms in total. The molecule has 1 aliphatic carbocycles. The normalized spacial score (nSPS) is 21.7. The third-order valence-corrected chi connectivity index (χ3v) is 5.33. The number of β-amino-alcohol motifs (C(OH)–C–C–N with tert-alkyl or cyclic N) is 1. The molecule has 1 atom stereocenters. The molecule has 1 spiro atoms. The number of rotatable bonds is 6. The average Bonchev–Trinajstić information content (AvgIpc) is 3.12. The summed E-state index contributed by atoms with van der Waals surface area (Å²) in [5.74, 6) is -0.195. The second-order valence-corrected chi connectivity index (χ2v) is 7.27. The van der Waals surface area contributed by atoms with Gasteiger partial charge in [-0.1, -0.05) is 25.3 Å². The number of nitrogens with one attached hydrogen (secondary N) is 1. The van der Waals surface area contributed by atoms with E-state index in [-0.39, 0.29) is 19.1 Å². The lowest BCUT2D eigenvalue weighted by molar-refractivity contribution is -0.133. The monoisotopic (exact) mass is 338 g/mol. The van der Waals surface area contributed by atoms with E-state index < -0.39 is 17.7 Å². The SMILES string of the molecule is O=C1NC2(CCCCC2)C(=O)N1C[C@H](O)COCc1cccs1. The van der Waals surface area contributed by atoms with E-state index in [1.54, 1.807) is 11.3 Å². The van der Waals surface area contributed by atoms with Gasteiger partial charge in [-0.15, -0.1) is 11.3 Å². The zero-order valence-electron chi connectivity index (χ0n) is 13.0. The molecule has 23 heavy (non-hydrogen) atoms. The molecule has 1 aliphatic heterocycles. The molecule has 1 aromatic heterocycles. The van der Waals surface area contributed by atoms with Crippen molar-refractivity contribution in [2.75, 3.05) is 13.2 Å². The van der Waals surface area contributed by atoms with Crippen molar-refractivity contribution >= 4 is 23.3 Å². The van der Waals surface area contributed by atoms with Gasteiger partial charge in [0.2, 0.25) is 0 Å². The van der Waals surface area contributed by atoms with Gasteiger partial charge in [-0.05, 0) is 24.3 Å². The summed E-state index contributed by atoms with van der Waals surface area (Å²) in [5, 5.41) is 14.9. The van der Waals surface area contributed by atoms with Crippen LogP contribution in [-0.2, 0) is 16.1 Å². The smallest absolute Gasteiger partial charge is 0.325 e. The van der Waals surface area contributed by atoms with Crippen molar-refractivity contribution in [3.8, 4) is 0 Å². The number of ether oxygens (including phenoxy) is 1. The lowest BCUT2D eigenvalue weighted by Crippen LogP contribution is -2.48. The number of hydrogen-bond acceptors (Lipinski definition) is 5. The van der Waals surface area contributed by atoms with Crippen LogP contribution in [0.4, 0.5) is 4.79 Å². The molecule has 0 radical (unpaired) electrons. The topological polar surface area (TPSA) is 78.9 Å². The van der Waals surface area contributed by atoms with Gasteiger partial charge in [-0.2, -0.15) is 0 Å². The highest BCUT2D eigenvalue weighted by molar-refractivity contribution is 7.09. The van der Waals surface area contributed by atoms with Crippen LogP contribution in [0.3, 0.4) is 0 Å². The Hall–Kier alpha value is -1.44. The average molecular weight is 338 g/mol. The number of nitrogens with zero attached hydrogens (tertiary/aromatic N) is 1. The van der Waals surface area contributed by atoms with Gasteiger partial charge in [-0.3, -0.25) is 9.69 Å². The molecule has 0 aromatic carbocycles. The highest BCUT2D eigenvalue weighted by Crippen LogP contribution is 2.33. The maximum atomic E-state index is 12.6. The van der Waals surface area contributed by atoms with Crippen LogP contribution in [0.25, 0.3) is 0 Å². The van der Waals surface area contributed by atoms with E-state index in [4.69, 9.17) is 4.74 Å². The van der Waals surface area contributed by atoms with Crippen LogP contribution in [0.5, 0.6) is 0 Å². The number of aliphatic hydroxyl groups is 1. The number of carbonyl (C=O) groups is 2. The summed E-state index contributed by atoms with van der Waals surface area (Å²) in [6.45, 7) is 0.512. The third kappa shape index (κ3) is 3.57. The summed E-state index contributed by atoms with van der Waals surface area (Å²) in [4.78, 5) is 26.9. The number of imide groups is 1. The van der Waals surface area contributed by atoms with E-state index in [2.05, 4.69) is 5.32 Å². The van der Waals surface area contributed by atoms with Crippen LogP contribution < -0.4 is 5.32 Å². The van der Waals surface area contributed by atoms with Crippen molar-refractivity contribution in [3.05, 3.63) is 22.4 Å². The molecule has 0 bridgehead atoms. The van der Waals surface area contributed by atoms with Gasteiger partial charge in [0, 0.05) is 4.88 Å². The van der Waals surface area contributed by atoms with Gasteiger partial charge in [0.15, 0.2) is 0 Å². The van der Waals surface area contributed by atoms with Gasteiger partial charge < -0.3 is 15.2 Å². The Kier molecular flexibility index (Phi) is 4.99. The van der Waals surface area contributed by atoms with Crippen molar-refractivity contribution in [2.24, 2.45) is 0 Å². The van der Waals surface area contributed by atoms with Crippen molar-refractivity contribution < 1.29 is 19.4 Å². The number of urea groups is 1. The first-order chi connectivity index (χ1) is 11.1. The molecule has 2 heterocycles. The molecule has 2 aliphatic rings. The van der Waals surface area contributed by atoms with Gasteiger partial charge in [0.05, 0.1) is 25.9 Å². The molecule has 2 N–H and O–H groups in total. The minimum Gasteiger partial charge on any atom is -0.389 e. The number of amides is 3. The summed E-state index contributed by atoms with van der Waals surface area (Å²) < 4.78 is 5.45. The quantitative estimate of drug-likeness (QED) is 0.776. The van der Waals surface area contributed by atoms with Crippen LogP contribution in [0, 0.1) is 0 Å². The Morgan fingerprint density at radius 3 is 2.83 bits per heavy atom. The van der Waals surface area contributed by atoms with Crippen molar-refractivity contribution in [1.82, 2.24) is 10.2 Å². The van der Waals surface area contributed by atoms with Crippen LogP contribution in [-0.4, -0.2) is 46.7 Å². The van der Waals surface area contributed by atoms with E-state index in [9.17, 15) is 14.7 Å².